The van der Waals surface area contributed by atoms with Gasteiger partial charge in [-0.15, -0.1) is 0 Å². The predicted molar refractivity (Wildman–Crippen MR) is 85.9 cm³/mol. The summed E-state index contributed by atoms with van der Waals surface area (Å²) in [6.45, 7) is 2.37. The summed E-state index contributed by atoms with van der Waals surface area (Å²) in [6.07, 6.45) is 8.54. The second-order valence-corrected chi connectivity index (χ2v) is 7.14. The van der Waals surface area contributed by atoms with Gasteiger partial charge in [0.15, 0.2) is 0 Å². The quantitative estimate of drug-likeness (QED) is 0.608. The molecule has 0 amide bonds. The normalized spacial score (nSPS) is 22.6. The number of halogens is 1. The van der Waals surface area contributed by atoms with E-state index in [9.17, 15) is 0 Å². The highest BCUT2D eigenvalue weighted by Crippen LogP contribution is 2.47. The second-order valence-electron chi connectivity index (χ2n) is 5.90. The Kier molecular flexibility index (Phi) is 3.43. The fourth-order valence-corrected chi connectivity index (χ4v) is 4.18. The lowest BCUT2D eigenvalue weighted by Gasteiger charge is -2.40. The van der Waals surface area contributed by atoms with Gasteiger partial charge in [-0.25, -0.2) is 0 Å². The molecule has 1 aromatic rings. The van der Waals surface area contributed by atoms with Crippen molar-refractivity contribution in [3.63, 3.8) is 0 Å². The van der Waals surface area contributed by atoms with E-state index in [0.717, 1.165) is 5.69 Å². The van der Waals surface area contributed by atoms with Crippen LogP contribution in [0.25, 0.3) is 0 Å². The van der Waals surface area contributed by atoms with Crippen molar-refractivity contribution in [2.24, 2.45) is 5.41 Å². The Balaban J connectivity index is 1.72. The molecule has 3 heteroatoms. The van der Waals surface area contributed by atoms with Crippen LogP contribution in [0.5, 0.6) is 0 Å². The lowest BCUT2D eigenvalue weighted by Crippen LogP contribution is -2.39. The summed E-state index contributed by atoms with van der Waals surface area (Å²) in [4.78, 5) is 2.48. The first-order valence-electron chi connectivity index (χ1n) is 6.99. The molecule has 2 fully saturated rings. The summed E-state index contributed by atoms with van der Waals surface area (Å²) in [5, 5.41) is 0. The lowest BCUT2D eigenvalue weighted by molar-refractivity contribution is 0.226. The van der Waals surface area contributed by atoms with Crippen LogP contribution in [0.3, 0.4) is 0 Å². The van der Waals surface area contributed by atoms with E-state index in [1.165, 1.54) is 60.9 Å². The van der Waals surface area contributed by atoms with Crippen molar-refractivity contribution in [2.45, 2.75) is 38.5 Å². The number of nitrogens with two attached hydrogens (primary N) is 1. The largest absolute Gasteiger partial charge is 0.397 e. The average molecular weight is 356 g/mol. The smallest absolute Gasteiger partial charge is 0.0600 e. The highest BCUT2D eigenvalue weighted by atomic mass is 127. The molecule has 98 valence electrons. The van der Waals surface area contributed by atoms with Gasteiger partial charge in [0, 0.05) is 16.7 Å². The number of nitrogen functional groups attached to an aromatic ring is 1. The summed E-state index contributed by atoms with van der Waals surface area (Å²) < 4.78 is 1.22. The molecule has 1 aliphatic heterocycles. The molecule has 0 bridgehead atoms. The van der Waals surface area contributed by atoms with Crippen molar-refractivity contribution in [3.05, 3.63) is 21.8 Å². The molecule has 1 saturated carbocycles. The first kappa shape index (κ1) is 12.6. The van der Waals surface area contributed by atoms with Gasteiger partial charge in [0.2, 0.25) is 0 Å². The Hall–Kier alpha value is -0.450. The topological polar surface area (TPSA) is 29.3 Å². The first-order chi connectivity index (χ1) is 8.69. The molecular weight excluding hydrogens is 335 g/mol. The number of hydrogen-bond donors (Lipinski definition) is 1. The summed E-state index contributed by atoms with van der Waals surface area (Å²) in [5.41, 5.74) is 9.01. The number of benzene rings is 1. The highest BCUT2D eigenvalue weighted by molar-refractivity contribution is 14.1. The van der Waals surface area contributed by atoms with Crippen LogP contribution in [0.2, 0.25) is 0 Å². The third-order valence-corrected chi connectivity index (χ3v) is 5.49. The third-order valence-electron chi connectivity index (χ3n) is 4.82. The van der Waals surface area contributed by atoms with Crippen molar-refractivity contribution in [3.8, 4) is 0 Å². The molecule has 1 aromatic carbocycles. The van der Waals surface area contributed by atoms with Gasteiger partial charge in [0.05, 0.1) is 11.4 Å². The van der Waals surface area contributed by atoms with Crippen LogP contribution in [-0.4, -0.2) is 13.1 Å². The fourth-order valence-electron chi connectivity index (χ4n) is 3.66. The zero-order valence-corrected chi connectivity index (χ0v) is 12.9. The SMILES string of the molecule is Nc1cc(I)ccc1N1CCC2(CCCC2)CC1. The number of rotatable bonds is 1. The Labute approximate surface area is 123 Å². The van der Waals surface area contributed by atoms with Gasteiger partial charge >= 0.3 is 0 Å². The van der Waals surface area contributed by atoms with Crippen LogP contribution < -0.4 is 10.6 Å². The molecule has 1 spiro atoms. The molecule has 1 heterocycles. The molecule has 0 unspecified atom stereocenters. The zero-order chi connectivity index (χ0) is 12.6. The highest BCUT2D eigenvalue weighted by Gasteiger charge is 2.37. The number of piperidine rings is 1. The van der Waals surface area contributed by atoms with E-state index in [1.54, 1.807) is 0 Å². The van der Waals surface area contributed by atoms with Crippen LogP contribution in [0.15, 0.2) is 18.2 Å². The summed E-state index contributed by atoms with van der Waals surface area (Å²) >= 11 is 2.32. The minimum absolute atomic E-state index is 0.689. The fraction of sp³-hybridized carbons (Fsp3) is 0.600. The van der Waals surface area contributed by atoms with Gasteiger partial charge in [0.1, 0.15) is 0 Å². The average Bonchev–Trinajstić information content (AvgIpc) is 2.80. The molecule has 0 radical (unpaired) electrons. The van der Waals surface area contributed by atoms with E-state index in [0.29, 0.717) is 5.41 Å². The van der Waals surface area contributed by atoms with Crippen LogP contribution >= 0.6 is 22.6 Å². The van der Waals surface area contributed by atoms with E-state index in [-0.39, 0.29) is 0 Å². The van der Waals surface area contributed by atoms with Gasteiger partial charge < -0.3 is 10.6 Å². The van der Waals surface area contributed by atoms with Gasteiger partial charge in [-0.2, -0.15) is 0 Å². The molecule has 1 aliphatic carbocycles. The summed E-state index contributed by atoms with van der Waals surface area (Å²) in [7, 11) is 0. The maximum Gasteiger partial charge on any atom is 0.0600 e. The minimum atomic E-state index is 0.689. The molecule has 2 aliphatic rings. The molecule has 0 aromatic heterocycles. The predicted octanol–water partition coefficient (Wildman–Crippen LogP) is 4.03. The molecule has 18 heavy (non-hydrogen) atoms. The minimum Gasteiger partial charge on any atom is -0.397 e. The first-order valence-corrected chi connectivity index (χ1v) is 8.06. The van der Waals surface area contributed by atoms with E-state index >= 15 is 0 Å². The molecule has 1 saturated heterocycles. The summed E-state index contributed by atoms with van der Waals surface area (Å²) in [6, 6.07) is 6.42. The zero-order valence-electron chi connectivity index (χ0n) is 10.8. The van der Waals surface area contributed by atoms with Crippen molar-refractivity contribution in [2.75, 3.05) is 23.7 Å². The Morgan fingerprint density at radius 3 is 2.33 bits per heavy atom. The van der Waals surface area contributed by atoms with Gasteiger partial charge in [-0.1, -0.05) is 12.8 Å². The van der Waals surface area contributed by atoms with Crippen LogP contribution in [-0.2, 0) is 0 Å². The van der Waals surface area contributed by atoms with Crippen molar-refractivity contribution >= 4 is 34.0 Å². The Bertz CT molecular complexity index is 428. The number of hydrogen-bond acceptors (Lipinski definition) is 2. The van der Waals surface area contributed by atoms with E-state index in [4.69, 9.17) is 5.73 Å². The Morgan fingerprint density at radius 2 is 1.72 bits per heavy atom. The summed E-state index contributed by atoms with van der Waals surface area (Å²) in [5.74, 6) is 0. The third kappa shape index (κ3) is 2.33. The monoisotopic (exact) mass is 356 g/mol. The van der Waals surface area contributed by atoms with Crippen LogP contribution in [0, 0.1) is 8.99 Å². The number of nitrogens with zero attached hydrogens (tertiary/aromatic N) is 1. The van der Waals surface area contributed by atoms with E-state index in [1.807, 2.05) is 0 Å². The molecule has 0 atom stereocenters. The molecule has 2 nitrogen and oxygen atoms in total. The lowest BCUT2D eigenvalue weighted by atomic mass is 9.77. The standard InChI is InChI=1S/C15H21IN2/c16-12-3-4-14(13(17)11-12)18-9-7-15(8-10-18)5-1-2-6-15/h3-4,11H,1-2,5-10,17H2. The molecule has 3 rings (SSSR count). The van der Waals surface area contributed by atoms with Gasteiger partial charge in [-0.05, 0) is 71.9 Å². The Morgan fingerprint density at radius 1 is 1.06 bits per heavy atom. The van der Waals surface area contributed by atoms with E-state index < -0.39 is 0 Å². The van der Waals surface area contributed by atoms with Gasteiger partial charge in [-0.3, -0.25) is 0 Å². The van der Waals surface area contributed by atoms with Crippen molar-refractivity contribution in [1.29, 1.82) is 0 Å². The molecule has 2 N–H and O–H groups in total. The molecular formula is C15H21IN2. The maximum absolute atomic E-state index is 6.15. The van der Waals surface area contributed by atoms with Crippen molar-refractivity contribution < 1.29 is 0 Å². The van der Waals surface area contributed by atoms with Crippen LogP contribution in [0.4, 0.5) is 11.4 Å². The maximum atomic E-state index is 6.15. The van der Waals surface area contributed by atoms with Gasteiger partial charge in [0.25, 0.3) is 0 Å². The van der Waals surface area contributed by atoms with Crippen molar-refractivity contribution in [1.82, 2.24) is 0 Å². The van der Waals surface area contributed by atoms with E-state index in [2.05, 4.69) is 45.7 Å². The number of anilines is 2. The van der Waals surface area contributed by atoms with Crippen LogP contribution in [0.1, 0.15) is 38.5 Å². The second kappa shape index (κ2) is 4.91.